The summed E-state index contributed by atoms with van der Waals surface area (Å²) in [5.74, 6) is 0.973. The van der Waals surface area contributed by atoms with Gasteiger partial charge in [0.25, 0.3) is 0 Å². The van der Waals surface area contributed by atoms with Crippen LogP contribution < -0.4 is 9.64 Å². The number of nitrogens with zero attached hydrogens (tertiary/aromatic N) is 2. The summed E-state index contributed by atoms with van der Waals surface area (Å²) in [4.78, 5) is 5.04. The normalized spacial score (nSPS) is 15.4. The number of rotatable bonds is 6. The first-order valence-electron chi connectivity index (χ1n) is 9.51. The molecule has 2 aromatic carbocycles. The number of fused-ring (bicyclic) bond motifs is 1. The van der Waals surface area contributed by atoms with Crippen molar-refractivity contribution in [3.8, 4) is 5.75 Å². The summed E-state index contributed by atoms with van der Waals surface area (Å²) in [6.45, 7) is 5.53. The van der Waals surface area contributed by atoms with E-state index in [0.29, 0.717) is 0 Å². The van der Waals surface area contributed by atoms with Crippen LogP contribution in [0, 0.1) is 0 Å². The Labute approximate surface area is 173 Å². The standard InChI is InChI=1S/C22H25BrN2OS/c1-26-20-9-3-2-8-19(20)25-14-12-24(13-15-25)11-5-6-17-16-27-21-10-4-7-18(23)22(17)21/h2-4,7-10,16H,5-6,11-15H2,1H3. The van der Waals surface area contributed by atoms with Gasteiger partial charge in [-0.3, -0.25) is 4.90 Å². The average molecular weight is 445 g/mol. The minimum atomic E-state index is 0.973. The van der Waals surface area contributed by atoms with Crippen molar-refractivity contribution < 1.29 is 4.74 Å². The highest BCUT2D eigenvalue weighted by atomic mass is 79.9. The second kappa shape index (κ2) is 8.63. The van der Waals surface area contributed by atoms with Crippen molar-refractivity contribution in [2.75, 3.05) is 44.7 Å². The molecule has 2 heterocycles. The van der Waals surface area contributed by atoms with Crippen LogP contribution in [0.5, 0.6) is 5.75 Å². The summed E-state index contributed by atoms with van der Waals surface area (Å²) in [6.07, 6.45) is 2.36. The molecule has 0 aliphatic carbocycles. The molecule has 0 N–H and O–H groups in total. The zero-order valence-corrected chi connectivity index (χ0v) is 18.1. The molecule has 0 radical (unpaired) electrons. The van der Waals surface area contributed by atoms with E-state index in [1.165, 1.54) is 38.8 Å². The van der Waals surface area contributed by atoms with Crippen molar-refractivity contribution in [1.29, 1.82) is 0 Å². The van der Waals surface area contributed by atoms with Crippen LogP contribution in [-0.4, -0.2) is 44.7 Å². The lowest BCUT2D eigenvalue weighted by Crippen LogP contribution is -2.46. The molecule has 5 heteroatoms. The maximum atomic E-state index is 5.52. The highest BCUT2D eigenvalue weighted by Crippen LogP contribution is 2.33. The number of hydrogen-bond acceptors (Lipinski definition) is 4. The fraction of sp³-hybridized carbons (Fsp3) is 0.364. The second-order valence-electron chi connectivity index (χ2n) is 6.98. The number of para-hydroxylation sites is 2. The predicted molar refractivity (Wildman–Crippen MR) is 119 cm³/mol. The van der Waals surface area contributed by atoms with E-state index in [9.17, 15) is 0 Å². The number of ether oxygens (including phenoxy) is 1. The van der Waals surface area contributed by atoms with Gasteiger partial charge in [-0.2, -0.15) is 0 Å². The van der Waals surface area contributed by atoms with Gasteiger partial charge in [-0.25, -0.2) is 0 Å². The third-order valence-corrected chi connectivity index (χ3v) is 7.00. The van der Waals surface area contributed by atoms with Crippen LogP contribution in [-0.2, 0) is 6.42 Å². The van der Waals surface area contributed by atoms with Crippen molar-refractivity contribution >= 4 is 43.0 Å². The molecule has 1 aliphatic heterocycles. The summed E-state index contributed by atoms with van der Waals surface area (Å²) in [6, 6.07) is 14.8. The molecule has 142 valence electrons. The third-order valence-electron chi connectivity index (χ3n) is 5.34. The smallest absolute Gasteiger partial charge is 0.142 e. The molecule has 0 bridgehead atoms. The molecular formula is C22H25BrN2OS. The van der Waals surface area contributed by atoms with Crippen LogP contribution in [0.3, 0.4) is 0 Å². The average Bonchev–Trinajstić information content (AvgIpc) is 3.13. The largest absolute Gasteiger partial charge is 0.495 e. The molecule has 0 saturated carbocycles. The molecule has 3 aromatic rings. The van der Waals surface area contributed by atoms with Gasteiger partial charge < -0.3 is 9.64 Å². The number of methoxy groups -OCH3 is 1. The summed E-state index contributed by atoms with van der Waals surface area (Å²) in [5, 5.41) is 3.73. The molecule has 1 aliphatic rings. The van der Waals surface area contributed by atoms with E-state index >= 15 is 0 Å². The topological polar surface area (TPSA) is 15.7 Å². The Balaban J connectivity index is 1.30. The van der Waals surface area contributed by atoms with Crippen molar-refractivity contribution in [2.24, 2.45) is 0 Å². The molecular weight excluding hydrogens is 420 g/mol. The zero-order chi connectivity index (χ0) is 18.6. The number of thiophene rings is 1. The Morgan fingerprint density at radius 2 is 1.85 bits per heavy atom. The van der Waals surface area contributed by atoms with Crippen molar-refractivity contribution in [3.63, 3.8) is 0 Å². The van der Waals surface area contributed by atoms with Crippen LogP contribution in [0.15, 0.2) is 52.3 Å². The Bertz CT molecular complexity index is 902. The molecule has 1 saturated heterocycles. The maximum absolute atomic E-state index is 5.52. The molecule has 0 unspecified atom stereocenters. The fourth-order valence-electron chi connectivity index (χ4n) is 3.89. The molecule has 1 fully saturated rings. The van der Waals surface area contributed by atoms with Gasteiger partial charge in [-0.1, -0.05) is 34.1 Å². The van der Waals surface area contributed by atoms with Crippen LogP contribution in [0.2, 0.25) is 0 Å². The lowest BCUT2D eigenvalue weighted by Gasteiger charge is -2.36. The Kier molecular flexibility index (Phi) is 6.01. The molecule has 0 atom stereocenters. The number of hydrogen-bond donors (Lipinski definition) is 0. The summed E-state index contributed by atoms with van der Waals surface area (Å²) < 4.78 is 8.12. The van der Waals surface area contributed by atoms with Gasteiger partial charge in [-0.15, -0.1) is 11.3 Å². The third kappa shape index (κ3) is 4.15. The van der Waals surface area contributed by atoms with E-state index in [0.717, 1.165) is 38.3 Å². The van der Waals surface area contributed by atoms with E-state index in [-0.39, 0.29) is 0 Å². The minimum absolute atomic E-state index is 0.973. The van der Waals surface area contributed by atoms with Gasteiger partial charge >= 0.3 is 0 Å². The van der Waals surface area contributed by atoms with Gasteiger partial charge in [0, 0.05) is 40.7 Å². The first kappa shape index (κ1) is 18.8. The molecule has 4 rings (SSSR count). The van der Waals surface area contributed by atoms with Crippen molar-refractivity contribution in [1.82, 2.24) is 4.90 Å². The zero-order valence-electron chi connectivity index (χ0n) is 15.7. The van der Waals surface area contributed by atoms with Crippen LogP contribution in [0.4, 0.5) is 5.69 Å². The fourth-order valence-corrected chi connectivity index (χ4v) is 5.66. The maximum Gasteiger partial charge on any atom is 0.142 e. The second-order valence-corrected chi connectivity index (χ2v) is 8.74. The molecule has 27 heavy (non-hydrogen) atoms. The minimum Gasteiger partial charge on any atom is -0.495 e. The lowest BCUT2D eigenvalue weighted by molar-refractivity contribution is 0.254. The van der Waals surface area contributed by atoms with Crippen molar-refractivity contribution in [3.05, 3.63) is 57.9 Å². The summed E-state index contributed by atoms with van der Waals surface area (Å²) in [5.41, 5.74) is 2.70. The highest BCUT2D eigenvalue weighted by molar-refractivity contribution is 9.10. The van der Waals surface area contributed by atoms with Gasteiger partial charge in [-0.05, 0) is 54.6 Å². The molecule has 0 amide bonds. The summed E-state index contributed by atoms with van der Waals surface area (Å²) in [7, 11) is 1.75. The Hall–Kier alpha value is -1.56. The van der Waals surface area contributed by atoms with E-state index in [2.05, 4.69) is 61.4 Å². The molecule has 0 spiro atoms. The Morgan fingerprint density at radius 3 is 2.67 bits per heavy atom. The van der Waals surface area contributed by atoms with Gasteiger partial charge in [0.05, 0.1) is 12.8 Å². The van der Waals surface area contributed by atoms with E-state index < -0.39 is 0 Å². The Morgan fingerprint density at radius 1 is 1.04 bits per heavy atom. The first-order chi connectivity index (χ1) is 13.3. The quantitative estimate of drug-likeness (QED) is 0.504. The predicted octanol–water partition coefficient (Wildman–Crippen LogP) is 5.43. The van der Waals surface area contributed by atoms with Crippen LogP contribution >= 0.6 is 27.3 Å². The van der Waals surface area contributed by atoms with Gasteiger partial charge in [0.1, 0.15) is 5.75 Å². The number of aryl methyl sites for hydroxylation is 1. The molecule has 1 aromatic heterocycles. The van der Waals surface area contributed by atoms with E-state index in [1.807, 2.05) is 23.5 Å². The SMILES string of the molecule is COc1ccccc1N1CCN(CCCc2csc3cccc(Br)c23)CC1. The van der Waals surface area contributed by atoms with Crippen LogP contribution in [0.1, 0.15) is 12.0 Å². The highest BCUT2D eigenvalue weighted by Gasteiger charge is 2.19. The monoisotopic (exact) mass is 444 g/mol. The molecule has 3 nitrogen and oxygen atoms in total. The van der Waals surface area contributed by atoms with E-state index in [4.69, 9.17) is 4.74 Å². The van der Waals surface area contributed by atoms with Crippen LogP contribution in [0.25, 0.3) is 10.1 Å². The number of halogens is 1. The number of piperazine rings is 1. The number of benzene rings is 2. The van der Waals surface area contributed by atoms with Gasteiger partial charge in [0.2, 0.25) is 0 Å². The van der Waals surface area contributed by atoms with E-state index in [1.54, 1.807) is 7.11 Å². The lowest BCUT2D eigenvalue weighted by atomic mass is 10.1. The first-order valence-corrected chi connectivity index (χ1v) is 11.2. The van der Waals surface area contributed by atoms with Crippen molar-refractivity contribution in [2.45, 2.75) is 12.8 Å². The summed E-state index contributed by atoms with van der Waals surface area (Å²) >= 11 is 5.57. The van der Waals surface area contributed by atoms with Gasteiger partial charge in [0.15, 0.2) is 0 Å². The number of anilines is 1.